The first-order chi connectivity index (χ1) is 7.04. The molecule has 0 saturated carbocycles. The van der Waals surface area contributed by atoms with Gasteiger partial charge in [-0.25, -0.2) is 0 Å². The number of aldehydes is 1. The van der Waals surface area contributed by atoms with E-state index in [0.717, 1.165) is 17.6 Å². The van der Waals surface area contributed by atoms with Gasteiger partial charge in [0, 0.05) is 6.42 Å². The van der Waals surface area contributed by atoms with Crippen LogP contribution in [0.15, 0.2) is 12.1 Å². The normalized spacial score (nSPS) is 12.3. The molecule has 1 atom stereocenters. The molecule has 0 heterocycles. The highest BCUT2D eigenvalue weighted by Crippen LogP contribution is 2.23. The Morgan fingerprint density at radius 2 is 1.80 bits per heavy atom. The van der Waals surface area contributed by atoms with E-state index >= 15 is 0 Å². The van der Waals surface area contributed by atoms with Crippen LogP contribution >= 0.6 is 0 Å². The number of aryl methyl sites for hydroxylation is 3. The van der Waals surface area contributed by atoms with Crippen LogP contribution in [0.1, 0.15) is 30.0 Å². The summed E-state index contributed by atoms with van der Waals surface area (Å²) >= 11 is 0. The van der Waals surface area contributed by atoms with Crippen molar-refractivity contribution in [2.24, 2.45) is 0 Å². The third-order valence-electron chi connectivity index (χ3n) is 2.55. The Hall–Kier alpha value is -1.31. The number of hydrogen-bond acceptors (Lipinski definition) is 2. The molecular weight excluding hydrogens is 188 g/mol. The van der Waals surface area contributed by atoms with E-state index in [4.69, 9.17) is 4.74 Å². The monoisotopic (exact) mass is 206 g/mol. The molecule has 0 aromatic heterocycles. The van der Waals surface area contributed by atoms with Gasteiger partial charge in [-0.2, -0.15) is 0 Å². The van der Waals surface area contributed by atoms with Gasteiger partial charge in [0.2, 0.25) is 0 Å². The highest BCUT2D eigenvalue weighted by molar-refractivity contribution is 5.50. The lowest BCUT2D eigenvalue weighted by Gasteiger charge is -2.15. The molecule has 0 spiro atoms. The van der Waals surface area contributed by atoms with Crippen LogP contribution in [0.5, 0.6) is 5.75 Å². The third kappa shape index (κ3) is 3.08. The fourth-order valence-electron chi connectivity index (χ4n) is 1.46. The van der Waals surface area contributed by atoms with E-state index in [9.17, 15) is 4.79 Å². The van der Waals surface area contributed by atoms with Gasteiger partial charge in [0.1, 0.15) is 18.1 Å². The van der Waals surface area contributed by atoms with Gasteiger partial charge in [-0.1, -0.05) is 6.07 Å². The van der Waals surface area contributed by atoms with Crippen molar-refractivity contribution in [2.75, 3.05) is 0 Å². The number of hydrogen-bond donors (Lipinski definition) is 0. The van der Waals surface area contributed by atoms with Crippen LogP contribution in [0.25, 0.3) is 0 Å². The summed E-state index contributed by atoms with van der Waals surface area (Å²) in [5, 5.41) is 0. The van der Waals surface area contributed by atoms with Crippen LogP contribution in [-0.2, 0) is 4.79 Å². The molecule has 2 nitrogen and oxygen atoms in total. The zero-order chi connectivity index (χ0) is 11.4. The maximum absolute atomic E-state index is 10.3. The Bertz CT molecular complexity index is 356. The first kappa shape index (κ1) is 11.8. The van der Waals surface area contributed by atoms with Crippen molar-refractivity contribution < 1.29 is 9.53 Å². The summed E-state index contributed by atoms with van der Waals surface area (Å²) < 4.78 is 5.69. The highest BCUT2D eigenvalue weighted by Gasteiger charge is 2.07. The number of carbonyl (C=O) groups excluding carboxylic acids is 1. The van der Waals surface area contributed by atoms with Gasteiger partial charge in [-0.05, 0) is 50.5 Å². The van der Waals surface area contributed by atoms with Crippen molar-refractivity contribution in [3.63, 3.8) is 0 Å². The Kier molecular flexibility index (Phi) is 3.89. The smallest absolute Gasteiger partial charge is 0.123 e. The second-order valence-electron chi connectivity index (χ2n) is 4.03. The molecule has 1 aromatic rings. The second kappa shape index (κ2) is 4.96. The largest absolute Gasteiger partial charge is 0.490 e. The van der Waals surface area contributed by atoms with Crippen molar-refractivity contribution in [2.45, 2.75) is 40.2 Å². The fraction of sp³-hybridized carbons (Fsp3) is 0.462. The van der Waals surface area contributed by atoms with E-state index in [1.54, 1.807) is 0 Å². The van der Waals surface area contributed by atoms with E-state index in [1.165, 1.54) is 11.1 Å². The zero-order valence-corrected chi connectivity index (χ0v) is 9.83. The predicted molar refractivity (Wildman–Crippen MR) is 61.4 cm³/mol. The first-order valence-corrected chi connectivity index (χ1v) is 5.22. The maximum Gasteiger partial charge on any atom is 0.123 e. The van der Waals surface area contributed by atoms with Gasteiger partial charge in [0.05, 0.1) is 0 Å². The van der Waals surface area contributed by atoms with Crippen LogP contribution in [-0.4, -0.2) is 12.4 Å². The molecule has 0 radical (unpaired) electrons. The molecule has 0 fully saturated rings. The topological polar surface area (TPSA) is 26.3 Å². The van der Waals surface area contributed by atoms with E-state index in [-0.39, 0.29) is 6.10 Å². The molecule has 0 aliphatic rings. The zero-order valence-electron chi connectivity index (χ0n) is 9.83. The van der Waals surface area contributed by atoms with Gasteiger partial charge in [-0.3, -0.25) is 0 Å². The minimum absolute atomic E-state index is 0.0525. The Morgan fingerprint density at radius 3 is 2.40 bits per heavy atom. The van der Waals surface area contributed by atoms with E-state index in [2.05, 4.69) is 19.9 Å². The molecule has 1 unspecified atom stereocenters. The van der Waals surface area contributed by atoms with E-state index in [1.807, 2.05) is 19.9 Å². The molecular formula is C13H18O2. The second-order valence-corrected chi connectivity index (χ2v) is 4.03. The quantitative estimate of drug-likeness (QED) is 0.708. The predicted octanol–water partition coefficient (Wildman–Crippen LogP) is 2.97. The summed E-state index contributed by atoms with van der Waals surface area (Å²) in [6.07, 6.45) is 1.27. The number of ether oxygens (including phenoxy) is 1. The minimum atomic E-state index is -0.0525. The summed E-state index contributed by atoms with van der Waals surface area (Å²) in [5.41, 5.74) is 3.60. The molecule has 2 heteroatoms. The summed E-state index contributed by atoms with van der Waals surface area (Å²) in [6.45, 7) is 8.07. The Balaban J connectivity index is 2.85. The lowest BCUT2D eigenvalue weighted by molar-refractivity contribution is -0.109. The van der Waals surface area contributed by atoms with Crippen molar-refractivity contribution >= 4 is 6.29 Å². The molecule has 82 valence electrons. The summed E-state index contributed by atoms with van der Waals surface area (Å²) in [4.78, 5) is 10.3. The molecule has 0 aliphatic heterocycles. The summed E-state index contributed by atoms with van der Waals surface area (Å²) in [6, 6.07) is 4.14. The minimum Gasteiger partial charge on any atom is -0.490 e. The first-order valence-electron chi connectivity index (χ1n) is 5.22. The van der Waals surface area contributed by atoms with Gasteiger partial charge in [0.25, 0.3) is 0 Å². The van der Waals surface area contributed by atoms with E-state index in [0.29, 0.717) is 6.42 Å². The molecule has 1 rings (SSSR count). The average molecular weight is 206 g/mol. The van der Waals surface area contributed by atoms with E-state index < -0.39 is 0 Å². The highest BCUT2D eigenvalue weighted by atomic mass is 16.5. The molecule has 0 bridgehead atoms. The molecule has 1 aromatic carbocycles. The average Bonchev–Trinajstić information content (AvgIpc) is 2.14. The maximum atomic E-state index is 10.3. The van der Waals surface area contributed by atoms with Crippen molar-refractivity contribution in [3.8, 4) is 5.75 Å². The number of rotatable bonds is 4. The van der Waals surface area contributed by atoms with Gasteiger partial charge < -0.3 is 9.53 Å². The lowest BCUT2D eigenvalue weighted by Crippen LogP contribution is -2.13. The Morgan fingerprint density at radius 1 is 1.20 bits per heavy atom. The summed E-state index contributed by atoms with van der Waals surface area (Å²) in [5.74, 6) is 0.882. The molecule has 0 saturated heterocycles. The Labute approximate surface area is 91.3 Å². The lowest BCUT2D eigenvalue weighted by atomic mass is 10.1. The fourth-order valence-corrected chi connectivity index (χ4v) is 1.46. The van der Waals surface area contributed by atoms with Gasteiger partial charge >= 0.3 is 0 Å². The van der Waals surface area contributed by atoms with Crippen LogP contribution in [0, 0.1) is 20.8 Å². The van der Waals surface area contributed by atoms with Gasteiger partial charge in [0.15, 0.2) is 0 Å². The van der Waals surface area contributed by atoms with Crippen molar-refractivity contribution in [1.82, 2.24) is 0 Å². The van der Waals surface area contributed by atoms with Crippen LogP contribution in [0.4, 0.5) is 0 Å². The molecule has 0 aliphatic carbocycles. The van der Waals surface area contributed by atoms with Crippen LogP contribution < -0.4 is 4.74 Å². The van der Waals surface area contributed by atoms with Crippen molar-refractivity contribution in [3.05, 3.63) is 28.8 Å². The summed E-state index contributed by atoms with van der Waals surface area (Å²) in [7, 11) is 0. The van der Waals surface area contributed by atoms with Crippen molar-refractivity contribution in [1.29, 1.82) is 0 Å². The molecule has 15 heavy (non-hydrogen) atoms. The molecule has 0 N–H and O–H groups in total. The van der Waals surface area contributed by atoms with Crippen LogP contribution in [0.2, 0.25) is 0 Å². The van der Waals surface area contributed by atoms with Gasteiger partial charge in [-0.15, -0.1) is 0 Å². The number of carbonyl (C=O) groups is 1. The number of benzene rings is 1. The SMILES string of the molecule is Cc1cc(C)c(OC(C)CC=O)cc1C. The standard InChI is InChI=1S/C13H18O2/c1-9-7-11(3)13(8-10(9)2)15-12(4)5-6-14/h6-8,12H,5H2,1-4H3. The molecule has 0 amide bonds. The third-order valence-corrected chi connectivity index (χ3v) is 2.55. The van der Waals surface area contributed by atoms with Crippen LogP contribution in [0.3, 0.4) is 0 Å².